The Balaban J connectivity index is 1.27. The predicted molar refractivity (Wildman–Crippen MR) is 114 cm³/mol. The highest BCUT2D eigenvalue weighted by molar-refractivity contribution is 7.09. The molecule has 0 aliphatic carbocycles. The third kappa shape index (κ3) is 4.95. The van der Waals surface area contributed by atoms with Crippen molar-refractivity contribution in [3.05, 3.63) is 70.4 Å². The Morgan fingerprint density at radius 3 is 2.54 bits per heavy atom. The monoisotopic (exact) mass is 392 g/mol. The minimum atomic E-state index is -0.0279. The van der Waals surface area contributed by atoms with E-state index in [1.54, 1.807) is 11.3 Å². The normalized spacial score (nSPS) is 13.6. The molecule has 0 radical (unpaired) electrons. The molecule has 5 nitrogen and oxygen atoms in total. The molecule has 144 valence electrons. The smallest absolute Gasteiger partial charge is 0.230 e. The summed E-state index contributed by atoms with van der Waals surface area (Å²) in [6.07, 6.45) is 8.27. The van der Waals surface area contributed by atoms with E-state index in [4.69, 9.17) is 0 Å². The maximum atomic E-state index is 12.3. The molecule has 1 amide bonds. The molecule has 0 saturated carbocycles. The van der Waals surface area contributed by atoms with Gasteiger partial charge in [0.1, 0.15) is 0 Å². The van der Waals surface area contributed by atoms with E-state index >= 15 is 0 Å². The summed E-state index contributed by atoms with van der Waals surface area (Å²) in [6.45, 7) is 2.25. The molecule has 6 heteroatoms. The highest BCUT2D eigenvalue weighted by Gasteiger charge is 2.12. The minimum Gasteiger partial charge on any atom is -0.372 e. The number of amides is 1. The lowest BCUT2D eigenvalue weighted by Gasteiger charge is -2.17. The van der Waals surface area contributed by atoms with Crippen molar-refractivity contribution in [3.63, 3.8) is 0 Å². The molecule has 28 heavy (non-hydrogen) atoms. The zero-order valence-corrected chi connectivity index (χ0v) is 16.6. The molecule has 3 aromatic rings. The van der Waals surface area contributed by atoms with Gasteiger partial charge in [0.2, 0.25) is 5.91 Å². The number of hydrogen-bond donors (Lipinski definition) is 1. The number of anilines is 2. The number of pyridine rings is 1. The van der Waals surface area contributed by atoms with E-state index in [0.29, 0.717) is 6.42 Å². The van der Waals surface area contributed by atoms with Crippen molar-refractivity contribution in [1.82, 2.24) is 9.97 Å². The number of nitrogens with zero attached hydrogens (tertiary/aromatic N) is 3. The summed E-state index contributed by atoms with van der Waals surface area (Å²) in [7, 11) is 0. The summed E-state index contributed by atoms with van der Waals surface area (Å²) in [6, 6.07) is 12.2. The van der Waals surface area contributed by atoms with Crippen LogP contribution >= 0.6 is 11.3 Å². The van der Waals surface area contributed by atoms with Crippen LogP contribution in [0.15, 0.2) is 54.2 Å². The van der Waals surface area contributed by atoms with Crippen molar-refractivity contribution in [1.29, 1.82) is 0 Å². The number of nitrogens with one attached hydrogen (secondary N) is 1. The number of rotatable bonds is 7. The van der Waals surface area contributed by atoms with Gasteiger partial charge in [0, 0.05) is 48.7 Å². The van der Waals surface area contributed by atoms with Gasteiger partial charge < -0.3 is 10.2 Å². The molecule has 1 fully saturated rings. The predicted octanol–water partition coefficient (Wildman–Crippen LogP) is 4.10. The molecular weight excluding hydrogens is 368 g/mol. The van der Waals surface area contributed by atoms with Crippen LogP contribution in [0.3, 0.4) is 0 Å². The van der Waals surface area contributed by atoms with E-state index in [1.807, 2.05) is 42.0 Å². The summed E-state index contributed by atoms with van der Waals surface area (Å²) in [4.78, 5) is 23.4. The molecule has 1 aromatic carbocycles. The second-order valence-corrected chi connectivity index (χ2v) is 8.00. The summed E-state index contributed by atoms with van der Waals surface area (Å²) >= 11 is 1.62. The first-order valence-electron chi connectivity index (χ1n) is 9.73. The number of hydrogen-bond acceptors (Lipinski definition) is 5. The quantitative estimate of drug-likeness (QED) is 0.658. The van der Waals surface area contributed by atoms with E-state index in [-0.39, 0.29) is 5.91 Å². The average molecular weight is 393 g/mol. The van der Waals surface area contributed by atoms with Gasteiger partial charge in [-0.1, -0.05) is 0 Å². The lowest BCUT2D eigenvalue weighted by molar-refractivity contribution is -0.115. The summed E-state index contributed by atoms with van der Waals surface area (Å²) in [5.41, 5.74) is 4.15. The van der Waals surface area contributed by atoms with Gasteiger partial charge in [0.25, 0.3) is 0 Å². The van der Waals surface area contributed by atoms with Gasteiger partial charge in [-0.25, -0.2) is 4.98 Å². The van der Waals surface area contributed by atoms with E-state index < -0.39 is 0 Å². The van der Waals surface area contributed by atoms with Crippen LogP contribution in [0.5, 0.6) is 0 Å². The molecule has 4 rings (SSSR count). The van der Waals surface area contributed by atoms with Crippen LogP contribution in [0.2, 0.25) is 0 Å². The molecular formula is C22H24N4OS. The highest BCUT2D eigenvalue weighted by atomic mass is 32.1. The zero-order chi connectivity index (χ0) is 19.2. The first-order valence-corrected chi connectivity index (χ1v) is 10.6. The van der Waals surface area contributed by atoms with Crippen LogP contribution in [0, 0.1) is 0 Å². The second kappa shape index (κ2) is 8.97. The van der Waals surface area contributed by atoms with Crippen LogP contribution in [-0.4, -0.2) is 29.0 Å². The van der Waals surface area contributed by atoms with E-state index in [2.05, 4.69) is 32.3 Å². The Kier molecular flexibility index (Phi) is 5.97. The fourth-order valence-electron chi connectivity index (χ4n) is 3.45. The van der Waals surface area contributed by atoms with Crippen molar-refractivity contribution >= 4 is 28.6 Å². The number of carbonyl (C=O) groups excluding carboxylic acids is 1. The van der Waals surface area contributed by atoms with Crippen LogP contribution in [0.1, 0.15) is 29.1 Å². The maximum absolute atomic E-state index is 12.3. The maximum Gasteiger partial charge on any atom is 0.230 e. The molecule has 0 spiro atoms. The first-order chi connectivity index (χ1) is 13.8. The number of thiazole rings is 1. The fourth-order valence-corrected chi connectivity index (χ4v) is 4.24. The molecule has 1 aliphatic rings. The molecule has 2 aromatic heterocycles. The van der Waals surface area contributed by atoms with Gasteiger partial charge in [-0.2, -0.15) is 0 Å². The highest BCUT2D eigenvalue weighted by Crippen LogP contribution is 2.22. The molecule has 1 aliphatic heterocycles. The van der Waals surface area contributed by atoms with Crippen molar-refractivity contribution in [3.8, 4) is 0 Å². The molecule has 0 atom stereocenters. The van der Waals surface area contributed by atoms with Crippen LogP contribution < -0.4 is 10.2 Å². The molecule has 1 N–H and O–H groups in total. The van der Waals surface area contributed by atoms with Crippen LogP contribution in [0.25, 0.3) is 0 Å². The van der Waals surface area contributed by atoms with E-state index in [9.17, 15) is 4.79 Å². The minimum absolute atomic E-state index is 0.0279. The Morgan fingerprint density at radius 2 is 1.79 bits per heavy atom. The Hall–Kier alpha value is -2.73. The van der Waals surface area contributed by atoms with Crippen molar-refractivity contribution in [2.24, 2.45) is 0 Å². The SMILES string of the molecule is O=C(Cc1csc(CCc2ccncc2)n1)Nc1ccc(N2CCCC2)cc1. The van der Waals surface area contributed by atoms with Crippen LogP contribution in [-0.2, 0) is 24.1 Å². The Bertz CT molecular complexity index is 902. The van der Waals surface area contributed by atoms with Gasteiger partial charge in [-0.15, -0.1) is 11.3 Å². The summed E-state index contributed by atoms with van der Waals surface area (Å²) < 4.78 is 0. The third-order valence-electron chi connectivity index (χ3n) is 4.94. The Labute approximate surface area is 169 Å². The standard InChI is InChI=1S/C22H24N4OS/c27-21(24-18-4-6-20(7-5-18)26-13-1-2-14-26)15-19-16-28-22(25-19)8-3-17-9-11-23-12-10-17/h4-7,9-12,16H,1-3,8,13-15H2,(H,24,27). The number of benzene rings is 1. The zero-order valence-electron chi connectivity index (χ0n) is 15.8. The Morgan fingerprint density at radius 1 is 1.04 bits per heavy atom. The van der Waals surface area contributed by atoms with E-state index in [1.165, 1.54) is 24.1 Å². The van der Waals surface area contributed by atoms with Gasteiger partial charge in [-0.05, 0) is 61.2 Å². The van der Waals surface area contributed by atoms with Gasteiger partial charge >= 0.3 is 0 Å². The number of aryl methyl sites for hydroxylation is 2. The fraction of sp³-hybridized carbons (Fsp3) is 0.318. The molecule has 3 heterocycles. The van der Waals surface area contributed by atoms with Crippen molar-refractivity contribution < 1.29 is 4.79 Å². The third-order valence-corrected chi connectivity index (χ3v) is 5.90. The molecule has 0 unspecified atom stereocenters. The van der Waals surface area contributed by atoms with Gasteiger partial charge in [0.15, 0.2) is 0 Å². The van der Waals surface area contributed by atoms with Crippen molar-refractivity contribution in [2.75, 3.05) is 23.3 Å². The van der Waals surface area contributed by atoms with Gasteiger partial charge in [-0.3, -0.25) is 9.78 Å². The second-order valence-electron chi connectivity index (χ2n) is 7.05. The lowest BCUT2D eigenvalue weighted by atomic mass is 10.1. The molecule has 0 bridgehead atoms. The van der Waals surface area contributed by atoms with Gasteiger partial charge in [0.05, 0.1) is 17.1 Å². The average Bonchev–Trinajstić information content (AvgIpc) is 3.40. The summed E-state index contributed by atoms with van der Waals surface area (Å²) in [5.74, 6) is -0.0279. The van der Waals surface area contributed by atoms with Crippen molar-refractivity contribution in [2.45, 2.75) is 32.1 Å². The lowest BCUT2D eigenvalue weighted by Crippen LogP contribution is -2.18. The van der Waals surface area contributed by atoms with Crippen LogP contribution in [0.4, 0.5) is 11.4 Å². The topological polar surface area (TPSA) is 58.1 Å². The first kappa shape index (κ1) is 18.6. The van der Waals surface area contributed by atoms with E-state index in [0.717, 1.165) is 42.3 Å². The number of aromatic nitrogens is 2. The summed E-state index contributed by atoms with van der Waals surface area (Å²) in [5, 5.41) is 6.02. The molecule has 1 saturated heterocycles. The largest absolute Gasteiger partial charge is 0.372 e. The number of carbonyl (C=O) groups is 1.